The second kappa shape index (κ2) is 5.52. The predicted octanol–water partition coefficient (Wildman–Crippen LogP) is 1.68. The number of carbonyl (C=O) groups excluding carboxylic acids is 1. The van der Waals surface area contributed by atoms with Crippen LogP contribution in [-0.2, 0) is 9.59 Å². The lowest BCUT2D eigenvalue weighted by Crippen LogP contribution is -2.54. The topological polar surface area (TPSA) is 79.5 Å². The molecule has 0 radical (unpaired) electrons. The van der Waals surface area contributed by atoms with Crippen molar-refractivity contribution in [3.05, 3.63) is 29.7 Å². The van der Waals surface area contributed by atoms with Gasteiger partial charge in [0.1, 0.15) is 17.1 Å². The molecule has 1 saturated heterocycles. The van der Waals surface area contributed by atoms with Crippen molar-refractivity contribution in [1.29, 1.82) is 0 Å². The van der Waals surface area contributed by atoms with Crippen molar-refractivity contribution in [2.75, 3.05) is 11.5 Å². The molecule has 0 aromatic carbocycles. The average Bonchev–Trinajstić information content (AvgIpc) is 2.97. The van der Waals surface area contributed by atoms with Gasteiger partial charge in [-0.2, -0.15) is 11.8 Å². The van der Waals surface area contributed by atoms with Crippen LogP contribution in [0.25, 0.3) is 6.08 Å². The number of thioether (sulfide) groups is 1. The third-order valence-electron chi connectivity index (χ3n) is 2.95. The van der Waals surface area contributed by atoms with E-state index in [1.54, 1.807) is 12.1 Å². The molecule has 6 heteroatoms. The summed E-state index contributed by atoms with van der Waals surface area (Å²) in [4.78, 5) is 23.0. The summed E-state index contributed by atoms with van der Waals surface area (Å²) >= 11 is 1.53. The fourth-order valence-electron chi connectivity index (χ4n) is 1.86. The quantitative estimate of drug-likeness (QED) is 0.821. The summed E-state index contributed by atoms with van der Waals surface area (Å²) in [6.07, 6.45) is 3.28. The van der Waals surface area contributed by atoms with Crippen molar-refractivity contribution in [1.82, 2.24) is 5.32 Å². The van der Waals surface area contributed by atoms with Crippen molar-refractivity contribution in [2.45, 2.75) is 18.9 Å². The lowest BCUT2D eigenvalue weighted by molar-refractivity contribution is -0.145. The van der Waals surface area contributed by atoms with Gasteiger partial charge in [-0.15, -0.1) is 0 Å². The third kappa shape index (κ3) is 3.20. The van der Waals surface area contributed by atoms with E-state index in [4.69, 9.17) is 4.42 Å². The molecule has 1 aliphatic heterocycles. The second-order valence-electron chi connectivity index (χ2n) is 4.46. The zero-order chi connectivity index (χ0) is 13.9. The number of carbonyl (C=O) groups is 2. The molecule has 0 aliphatic carbocycles. The predicted molar refractivity (Wildman–Crippen MR) is 72.9 cm³/mol. The van der Waals surface area contributed by atoms with Crippen LogP contribution >= 0.6 is 11.8 Å². The van der Waals surface area contributed by atoms with Gasteiger partial charge in [0, 0.05) is 11.8 Å². The first-order valence-corrected chi connectivity index (χ1v) is 7.05. The SMILES string of the molecule is Cc1ccc(C=CC(=O)NC2(C(=O)O)CCSC2)o1. The van der Waals surface area contributed by atoms with Crippen LogP contribution in [0.1, 0.15) is 17.9 Å². The summed E-state index contributed by atoms with van der Waals surface area (Å²) in [5.41, 5.74) is -1.13. The molecular weight excluding hydrogens is 266 g/mol. The summed E-state index contributed by atoms with van der Waals surface area (Å²) in [5.74, 6) is 1.08. The van der Waals surface area contributed by atoms with E-state index in [2.05, 4.69) is 5.32 Å². The highest BCUT2D eigenvalue weighted by molar-refractivity contribution is 7.99. The van der Waals surface area contributed by atoms with Crippen LogP contribution in [0, 0.1) is 6.92 Å². The standard InChI is InChI=1S/C13H15NO4S/c1-9-2-3-10(18-9)4-5-11(15)14-13(12(16)17)6-7-19-8-13/h2-5H,6-8H2,1H3,(H,14,15)(H,16,17). The summed E-state index contributed by atoms with van der Waals surface area (Å²) in [6.45, 7) is 1.81. The Morgan fingerprint density at radius 2 is 2.32 bits per heavy atom. The zero-order valence-electron chi connectivity index (χ0n) is 10.5. The van der Waals surface area contributed by atoms with Gasteiger partial charge < -0.3 is 14.8 Å². The van der Waals surface area contributed by atoms with E-state index in [9.17, 15) is 14.7 Å². The Bertz CT molecular complexity index is 514. The number of nitrogens with one attached hydrogen (secondary N) is 1. The first kappa shape index (κ1) is 13.7. The van der Waals surface area contributed by atoms with Crippen LogP contribution in [0.15, 0.2) is 22.6 Å². The van der Waals surface area contributed by atoms with E-state index in [-0.39, 0.29) is 0 Å². The number of carboxylic acids is 1. The van der Waals surface area contributed by atoms with Gasteiger partial charge in [0.25, 0.3) is 0 Å². The number of rotatable bonds is 4. The molecule has 1 aromatic heterocycles. The molecule has 2 rings (SSSR count). The van der Waals surface area contributed by atoms with Gasteiger partial charge in [0.15, 0.2) is 0 Å². The van der Waals surface area contributed by atoms with Gasteiger partial charge in [0.2, 0.25) is 5.91 Å². The minimum Gasteiger partial charge on any atom is -0.479 e. The van der Waals surface area contributed by atoms with E-state index < -0.39 is 17.4 Å². The molecule has 1 atom stereocenters. The zero-order valence-corrected chi connectivity index (χ0v) is 11.3. The minimum atomic E-state index is -1.13. The number of carboxylic acid groups (broad SMARTS) is 1. The first-order valence-electron chi connectivity index (χ1n) is 5.90. The van der Waals surface area contributed by atoms with Crippen LogP contribution in [0.4, 0.5) is 0 Å². The van der Waals surface area contributed by atoms with Crippen molar-refractivity contribution in [3.8, 4) is 0 Å². The highest BCUT2D eigenvalue weighted by atomic mass is 32.2. The number of furan rings is 1. The molecule has 102 valence electrons. The molecule has 1 unspecified atom stereocenters. The van der Waals surface area contributed by atoms with E-state index in [0.717, 1.165) is 11.5 Å². The molecule has 1 aliphatic rings. The second-order valence-corrected chi connectivity index (χ2v) is 5.57. The van der Waals surface area contributed by atoms with Crippen LogP contribution in [0.5, 0.6) is 0 Å². The maximum Gasteiger partial charge on any atom is 0.330 e. The minimum absolute atomic E-state index is 0.405. The Morgan fingerprint density at radius 3 is 2.84 bits per heavy atom. The van der Waals surface area contributed by atoms with Crippen molar-refractivity contribution in [2.24, 2.45) is 0 Å². The molecule has 2 heterocycles. The summed E-state index contributed by atoms with van der Waals surface area (Å²) in [7, 11) is 0. The van der Waals surface area contributed by atoms with Crippen LogP contribution in [0.3, 0.4) is 0 Å². The maximum atomic E-state index is 11.8. The molecule has 1 amide bonds. The Morgan fingerprint density at radius 1 is 1.53 bits per heavy atom. The summed E-state index contributed by atoms with van der Waals surface area (Å²) in [5, 5.41) is 11.8. The summed E-state index contributed by atoms with van der Waals surface area (Å²) < 4.78 is 5.29. The summed E-state index contributed by atoms with van der Waals surface area (Å²) in [6, 6.07) is 3.54. The highest BCUT2D eigenvalue weighted by Gasteiger charge is 2.42. The maximum absolute atomic E-state index is 11.8. The Balaban J connectivity index is 2.00. The Labute approximate surface area is 115 Å². The molecule has 1 aromatic rings. The molecule has 5 nitrogen and oxygen atoms in total. The van der Waals surface area contributed by atoms with Crippen LogP contribution in [-0.4, -0.2) is 34.0 Å². The largest absolute Gasteiger partial charge is 0.479 e. The van der Waals surface area contributed by atoms with Gasteiger partial charge in [-0.1, -0.05) is 0 Å². The molecule has 0 saturated carbocycles. The van der Waals surface area contributed by atoms with Crippen LogP contribution < -0.4 is 5.32 Å². The fraction of sp³-hybridized carbons (Fsp3) is 0.385. The lowest BCUT2D eigenvalue weighted by atomic mass is 9.99. The molecule has 0 spiro atoms. The van der Waals surface area contributed by atoms with E-state index in [1.807, 2.05) is 6.92 Å². The Hall–Kier alpha value is -1.69. The van der Waals surface area contributed by atoms with Gasteiger partial charge in [-0.05, 0) is 37.3 Å². The molecule has 2 N–H and O–H groups in total. The number of hydrogen-bond donors (Lipinski definition) is 2. The van der Waals surface area contributed by atoms with Gasteiger partial charge in [-0.25, -0.2) is 4.79 Å². The molecule has 19 heavy (non-hydrogen) atoms. The number of hydrogen-bond acceptors (Lipinski definition) is 4. The van der Waals surface area contributed by atoms with Gasteiger partial charge >= 0.3 is 5.97 Å². The highest BCUT2D eigenvalue weighted by Crippen LogP contribution is 2.28. The first-order chi connectivity index (χ1) is 9.02. The monoisotopic (exact) mass is 281 g/mol. The number of aliphatic carboxylic acids is 1. The van der Waals surface area contributed by atoms with E-state index >= 15 is 0 Å². The number of aryl methyl sites for hydroxylation is 1. The van der Waals surface area contributed by atoms with Crippen LogP contribution in [0.2, 0.25) is 0 Å². The molecular formula is C13H15NO4S. The molecule has 1 fully saturated rings. The average molecular weight is 281 g/mol. The van der Waals surface area contributed by atoms with E-state index in [0.29, 0.717) is 17.9 Å². The van der Waals surface area contributed by atoms with Gasteiger partial charge in [0.05, 0.1) is 0 Å². The van der Waals surface area contributed by atoms with Crippen molar-refractivity contribution < 1.29 is 19.1 Å². The smallest absolute Gasteiger partial charge is 0.330 e. The lowest BCUT2D eigenvalue weighted by Gasteiger charge is -2.23. The fourth-order valence-corrected chi connectivity index (χ4v) is 3.19. The molecule has 0 bridgehead atoms. The normalized spacial score (nSPS) is 22.8. The van der Waals surface area contributed by atoms with Crippen molar-refractivity contribution in [3.63, 3.8) is 0 Å². The van der Waals surface area contributed by atoms with Gasteiger partial charge in [-0.3, -0.25) is 4.79 Å². The number of amides is 1. The third-order valence-corrected chi connectivity index (χ3v) is 4.14. The van der Waals surface area contributed by atoms with Crippen molar-refractivity contribution >= 4 is 29.7 Å². The van der Waals surface area contributed by atoms with E-state index in [1.165, 1.54) is 23.9 Å². The Kier molecular flexibility index (Phi) is 3.99.